The van der Waals surface area contributed by atoms with Crippen LogP contribution in [0.2, 0.25) is 0 Å². The topological polar surface area (TPSA) is 50.9 Å². The van der Waals surface area contributed by atoms with Crippen LogP contribution in [0.25, 0.3) is 0 Å². The Balaban J connectivity index is 2.18. The molecule has 98 valence electrons. The van der Waals surface area contributed by atoms with E-state index in [-0.39, 0.29) is 0 Å². The molecule has 0 spiro atoms. The Morgan fingerprint density at radius 1 is 1.44 bits per heavy atom. The number of nitrogens with zero attached hydrogens (tertiary/aromatic N) is 3. The molecular formula is C13H19N3OS. The van der Waals surface area contributed by atoms with Crippen molar-refractivity contribution >= 4 is 11.3 Å². The molecule has 1 N–H and O–H groups in total. The molecule has 0 amide bonds. The molecular weight excluding hydrogens is 246 g/mol. The van der Waals surface area contributed by atoms with Gasteiger partial charge in [-0.05, 0) is 26.3 Å². The normalized spacial score (nSPS) is 12.9. The highest BCUT2D eigenvalue weighted by Gasteiger charge is 2.17. The first kappa shape index (κ1) is 13.2. The average molecular weight is 265 g/mol. The Morgan fingerprint density at radius 2 is 2.17 bits per heavy atom. The van der Waals surface area contributed by atoms with E-state index in [1.54, 1.807) is 11.3 Å². The van der Waals surface area contributed by atoms with Crippen LogP contribution in [0.3, 0.4) is 0 Å². The second-order valence-electron chi connectivity index (χ2n) is 4.51. The molecule has 0 aliphatic heterocycles. The Labute approximate surface area is 111 Å². The van der Waals surface area contributed by atoms with Crippen molar-refractivity contribution in [1.82, 2.24) is 14.8 Å². The summed E-state index contributed by atoms with van der Waals surface area (Å²) in [5.41, 5.74) is 3.06. The molecule has 2 heterocycles. The summed E-state index contributed by atoms with van der Waals surface area (Å²) in [5.74, 6) is 0. The van der Waals surface area contributed by atoms with Crippen molar-refractivity contribution < 1.29 is 5.11 Å². The maximum atomic E-state index is 10.3. The zero-order valence-electron chi connectivity index (χ0n) is 11.3. The molecule has 18 heavy (non-hydrogen) atoms. The minimum absolute atomic E-state index is 0.490. The summed E-state index contributed by atoms with van der Waals surface area (Å²) in [4.78, 5) is 5.32. The van der Waals surface area contributed by atoms with Crippen molar-refractivity contribution in [2.24, 2.45) is 7.05 Å². The van der Waals surface area contributed by atoms with Gasteiger partial charge in [-0.3, -0.25) is 4.68 Å². The van der Waals surface area contributed by atoms with E-state index in [9.17, 15) is 5.11 Å². The fourth-order valence-electron chi connectivity index (χ4n) is 2.08. The van der Waals surface area contributed by atoms with E-state index in [2.05, 4.69) is 23.1 Å². The molecule has 0 aliphatic carbocycles. The van der Waals surface area contributed by atoms with Crippen molar-refractivity contribution in [2.75, 3.05) is 0 Å². The highest BCUT2D eigenvalue weighted by atomic mass is 32.1. The zero-order valence-corrected chi connectivity index (χ0v) is 12.1. The van der Waals surface area contributed by atoms with Gasteiger partial charge in [0.25, 0.3) is 0 Å². The lowest BCUT2D eigenvalue weighted by Gasteiger charge is -2.09. The molecule has 2 aromatic heterocycles. The van der Waals surface area contributed by atoms with Crippen molar-refractivity contribution in [3.8, 4) is 0 Å². The molecule has 0 bridgehead atoms. The first-order chi connectivity index (χ1) is 8.51. The smallest absolute Gasteiger partial charge is 0.0955 e. The van der Waals surface area contributed by atoms with Crippen LogP contribution >= 0.6 is 11.3 Å². The van der Waals surface area contributed by atoms with Crippen LogP contribution in [0.4, 0.5) is 0 Å². The van der Waals surface area contributed by atoms with Gasteiger partial charge in [0, 0.05) is 19.2 Å². The molecule has 0 aromatic carbocycles. The lowest BCUT2D eigenvalue weighted by atomic mass is 10.1. The van der Waals surface area contributed by atoms with Crippen LogP contribution in [0, 0.1) is 13.8 Å². The fourth-order valence-corrected chi connectivity index (χ4v) is 3.00. The molecule has 0 aliphatic rings. The summed E-state index contributed by atoms with van der Waals surface area (Å²) in [6.45, 7) is 6.00. The predicted octanol–water partition coefficient (Wildman–Crippen LogP) is 2.33. The van der Waals surface area contributed by atoms with Crippen LogP contribution in [-0.2, 0) is 19.9 Å². The second-order valence-corrected chi connectivity index (χ2v) is 5.74. The number of aryl methyl sites for hydroxylation is 4. The van der Waals surface area contributed by atoms with Crippen LogP contribution in [0.15, 0.2) is 6.07 Å². The molecule has 2 rings (SSSR count). The standard InChI is InChI=1S/C13H19N3OS/c1-5-10-6-11(16(4)15-10)7-12(17)13-8(2)14-9(3)18-13/h6,12,17H,5,7H2,1-4H3. The van der Waals surface area contributed by atoms with Gasteiger partial charge in [0.05, 0.1) is 27.4 Å². The molecule has 0 saturated carbocycles. The average Bonchev–Trinajstić information content (AvgIpc) is 2.82. The van der Waals surface area contributed by atoms with Gasteiger partial charge < -0.3 is 5.11 Å². The van der Waals surface area contributed by atoms with Crippen molar-refractivity contribution in [1.29, 1.82) is 0 Å². The number of aromatic nitrogens is 3. The van der Waals surface area contributed by atoms with Crippen LogP contribution in [-0.4, -0.2) is 19.9 Å². The van der Waals surface area contributed by atoms with Gasteiger partial charge in [0.2, 0.25) is 0 Å². The van der Waals surface area contributed by atoms with E-state index >= 15 is 0 Å². The van der Waals surface area contributed by atoms with E-state index in [0.717, 1.165) is 33.4 Å². The molecule has 5 heteroatoms. The van der Waals surface area contributed by atoms with Gasteiger partial charge in [0.15, 0.2) is 0 Å². The van der Waals surface area contributed by atoms with Gasteiger partial charge >= 0.3 is 0 Å². The van der Waals surface area contributed by atoms with Crippen molar-refractivity contribution in [3.05, 3.63) is 33.0 Å². The summed E-state index contributed by atoms with van der Waals surface area (Å²) >= 11 is 1.57. The van der Waals surface area contributed by atoms with Gasteiger partial charge in [0.1, 0.15) is 0 Å². The van der Waals surface area contributed by atoms with Crippen molar-refractivity contribution in [3.63, 3.8) is 0 Å². The third kappa shape index (κ3) is 2.62. The maximum absolute atomic E-state index is 10.3. The Bertz CT molecular complexity index is 544. The summed E-state index contributed by atoms with van der Waals surface area (Å²) in [6, 6.07) is 2.06. The van der Waals surface area contributed by atoms with E-state index < -0.39 is 6.10 Å². The molecule has 1 atom stereocenters. The first-order valence-electron chi connectivity index (χ1n) is 6.15. The molecule has 1 unspecified atom stereocenters. The first-order valence-corrected chi connectivity index (χ1v) is 6.96. The highest BCUT2D eigenvalue weighted by molar-refractivity contribution is 7.11. The summed E-state index contributed by atoms with van der Waals surface area (Å²) in [6.07, 6.45) is 1.02. The Hall–Kier alpha value is -1.20. The molecule has 0 saturated heterocycles. The van der Waals surface area contributed by atoms with Crippen LogP contribution in [0.5, 0.6) is 0 Å². The maximum Gasteiger partial charge on any atom is 0.0955 e. The van der Waals surface area contributed by atoms with Gasteiger partial charge in [-0.2, -0.15) is 5.10 Å². The zero-order chi connectivity index (χ0) is 13.3. The van der Waals surface area contributed by atoms with E-state index in [1.165, 1.54) is 0 Å². The number of hydrogen-bond acceptors (Lipinski definition) is 4. The van der Waals surface area contributed by atoms with Crippen molar-refractivity contribution in [2.45, 2.75) is 39.7 Å². The summed E-state index contributed by atoms with van der Waals surface area (Å²) in [7, 11) is 1.92. The predicted molar refractivity (Wildman–Crippen MR) is 72.8 cm³/mol. The lowest BCUT2D eigenvalue weighted by molar-refractivity contribution is 0.178. The molecule has 0 fully saturated rings. The van der Waals surface area contributed by atoms with Crippen LogP contribution in [0.1, 0.15) is 40.0 Å². The van der Waals surface area contributed by atoms with E-state index in [4.69, 9.17) is 0 Å². The fraction of sp³-hybridized carbons (Fsp3) is 0.538. The SMILES string of the molecule is CCc1cc(CC(O)c2sc(C)nc2C)n(C)n1. The largest absolute Gasteiger partial charge is 0.387 e. The van der Waals surface area contributed by atoms with Gasteiger partial charge in [-0.1, -0.05) is 6.92 Å². The van der Waals surface area contributed by atoms with Gasteiger partial charge in [-0.25, -0.2) is 4.98 Å². The monoisotopic (exact) mass is 265 g/mol. The van der Waals surface area contributed by atoms with E-state index in [1.807, 2.05) is 25.6 Å². The minimum atomic E-state index is -0.490. The Kier molecular flexibility index (Phi) is 3.82. The Morgan fingerprint density at radius 3 is 2.67 bits per heavy atom. The van der Waals surface area contributed by atoms with Gasteiger partial charge in [-0.15, -0.1) is 11.3 Å². The molecule has 2 aromatic rings. The number of rotatable bonds is 4. The quantitative estimate of drug-likeness (QED) is 0.923. The number of aliphatic hydroxyl groups is 1. The minimum Gasteiger partial charge on any atom is -0.387 e. The highest BCUT2D eigenvalue weighted by Crippen LogP contribution is 2.27. The van der Waals surface area contributed by atoms with E-state index in [0.29, 0.717) is 6.42 Å². The second kappa shape index (κ2) is 5.20. The number of hydrogen-bond donors (Lipinski definition) is 1. The third-order valence-corrected chi connectivity index (χ3v) is 4.21. The molecule has 4 nitrogen and oxygen atoms in total. The summed E-state index contributed by atoms with van der Waals surface area (Å²) in [5, 5.41) is 15.7. The molecule has 0 radical (unpaired) electrons. The summed E-state index contributed by atoms with van der Waals surface area (Å²) < 4.78 is 1.85. The lowest BCUT2D eigenvalue weighted by Crippen LogP contribution is -2.06. The van der Waals surface area contributed by atoms with Crippen LogP contribution < -0.4 is 0 Å². The number of aliphatic hydroxyl groups excluding tert-OH is 1. The number of thiazole rings is 1. The third-order valence-electron chi connectivity index (χ3n) is 3.03.